The maximum absolute atomic E-state index is 13.0. The van der Waals surface area contributed by atoms with E-state index in [0.29, 0.717) is 24.6 Å². The van der Waals surface area contributed by atoms with Gasteiger partial charge in [-0.2, -0.15) is 0 Å². The summed E-state index contributed by atoms with van der Waals surface area (Å²) in [5.41, 5.74) is 2.12. The molecule has 0 aromatic heterocycles. The molecule has 0 spiro atoms. The molecule has 4 rings (SSSR count). The van der Waals surface area contributed by atoms with Gasteiger partial charge in [-0.3, -0.25) is 9.59 Å². The predicted octanol–water partition coefficient (Wildman–Crippen LogP) is 5.17. The molecule has 2 heterocycles. The summed E-state index contributed by atoms with van der Waals surface area (Å²) in [6, 6.07) is 18.2. The Balaban J connectivity index is 1.20. The Hall–Kier alpha value is -2.14. The second-order valence-electron chi connectivity index (χ2n) is 8.87. The molecular formula is C26H31BrN2O2. The first-order chi connectivity index (χ1) is 15.1. The molecule has 0 radical (unpaired) electrons. The van der Waals surface area contributed by atoms with E-state index in [2.05, 4.69) is 51.2 Å². The van der Waals surface area contributed by atoms with Crippen molar-refractivity contribution in [2.45, 2.75) is 38.5 Å². The second-order valence-corrected chi connectivity index (χ2v) is 9.78. The highest BCUT2D eigenvalue weighted by molar-refractivity contribution is 9.10. The minimum atomic E-state index is 0.0647. The Bertz CT molecular complexity index is 868. The topological polar surface area (TPSA) is 40.6 Å². The fourth-order valence-electron chi connectivity index (χ4n) is 4.82. The number of rotatable bonds is 5. The molecule has 0 unspecified atom stereocenters. The van der Waals surface area contributed by atoms with Gasteiger partial charge in [0, 0.05) is 42.1 Å². The van der Waals surface area contributed by atoms with Crippen LogP contribution in [0.15, 0.2) is 59.1 Å². The monoisotopic (exact) mass is 482 g/mol. The lowest BCUT2D eigenvalue weighted by molar-refractivity contribution is -0.138. The first kappa shape index (κ1) is 22.1. The van der Waals surface area contributed by atoms with Crippen molar-refractivity contribution in [2.75, 3.05) is 26.2 Å². The summed E-state index contributed by atoms with van der Waals surface area (Å²) in [7, 11) is 0. The van der Waals surface area contributed by atoms with Gasteiger partial charge in [-0.15, -0.1) is 0 Å². The van der Waals surface area contributed by atoms with Crippen LogP contribution in [0.4, 0.5) is 0 Å². The van der Waals surface area contributed by atoms with E-state index in [0.717, 1.165) is 55.6 Å². The van der Waals surface area contributed by atoms with Gasteiger partial charge < -0.3 is 9.80 Å². The lowest BCUT2D eigenvalue weighted by atomic mass is 9.89. The van der Waals surface area contributed by atoms with Crippen molar-refractivity contribution in [2.24, 2.45) is 11.8 Å². The number of amides is 2. The van der Waals surface area contributed by atoms with Crippen molar-refractivity contribution < 1.29 is 9.59 Å². The molecule has 4 nitrogen and oxygen atoms in total. The van der Waals surface area contributed by atoms with E-state index in [1.165, 1.54) is 12.0 Å². The number of carbonyl (C=O) groups is 2. The highest BCUT2D eigenvalue weighted by atomic mass is 79.9. The summed E-state index contributed by atoms with van der Waals surface area (Å²) in [6.45, 7) is 3.10. The van der Waals surface area contributed by atoms with Gasteiger partial charge in [0.05, 0.1) is 0 Å². The molecule has 0 aliphatic carbocycles. The average molecular weight is 483 g/mol. The van der Waals surface area contributed by atoms with Crippen molar-refractivity contribution >= 4 is 27.7 Å². The Morgan fingerprint density at radius 3 is 2.06 bits per heavy atom. The third-order valence-electron chi connectivity index (χ3n) is 6.83. The lowest BCUT2D eigenvalue weighted by Crippen LogP contribution is -2.46. The minimum Gasteiger partial charge on any atom is -0.342 e. The van der Waals surface area contributed by atoms with E-state index in [1.807, 2.05) is 29.2 Å². The van der Waals surface area contributed by atoms with Crippen molar-refractivity contribution in [1.29, 1.82) is 0 Å². The Morgan fingerprint density at radius 2 is 1.42 bits per heavy atom. The van der Waals surface area contributed by atoms with Crippen LogP contribution in [-0.4, -0.2) is 47.8 Å². The van der Waals surface area contributed by atoms with Gasteiger partial charge in [0.2, 0.25) is 5.91 Å². The molecule has 2 aromatic rings. The largest absolute Gasteiger partial charge is 0.342 e. The minimum absolute atomic E-state index is 0.0647. The lowest BCUT2D eigenvalue weighted by Gasteiger charge is -2.37. The van der Waals surface area contributed by atoms with E-state index in [4.69, 9.17) is 0 Å². The number of halogens is 1. The third kappa shape index (κ3) is 5.76. The van der Waals surface area contributed by atoms with Crippen LogP contribution >= 0.6 is 15.9 Å². The van der Waals surface area contributed by atoms with Crippen LogP contribution in [0.2, 0.25) is 0 Å². The first-order valence-electron chi connectivity index (χ1n) is 11.5. The zero-order valence-electron chi connectivity index (χ0n) is 18.0. The van der Waals surface area contributed by atoms with E-state index in [9.17, 15) is 9.59 Å². The van der Waals surface area contributed by atoms with Crippen molar-refractivity contribution in [3.05, 3.63) is 70.2 Å². The summed E-state index contributed by atoms with van der Waals surface area (Å²) in [5.74, 6) is 1.15. The molecule has 2 amide bonds. The number of piperidine rings is 2. The molecule has 0 bridgehead atoms. The van der Waals surface area contributed by atoms with Crippen LogP contribution in [0, 0.1) is 11.8 Å². The van der Waals surface area contributed by atoms with Crippen molar-refractivity contribution in [1.82, 2.24) is 9.80 Å². The van der Waals surface area contributed by atoms with Gasteiger partial charge in [-0.25, -0.2) is 0 Å². The average Bonchev–Trinajstić information content (AvgIpc) is 2.83. The highest BCUT2D eigenvalue weighted by Crippen LogP contribution is 2.27. The fraction of sp³-hybridized carbons (Fsp3) is 0.462. The molecule has 5 heteroatoms. The normalized spacial score (nSPS) is 18.2. The molecule has 31 heavy (non-hydrogen) atoms. The smallest absolute Gasteiger partial charge is 0.253 e. The first-order valence-corrected chi connectivity index (χ1v) is 12.3. The van der Waals surface area contributed by atoms with E-state index in [1.54, 1.807) is 0 Å². The summed E-state index contributed by atoms with van der Waals surface area (Å²) >= 11 is 3.41. The molecule has 2 fully saturated rings. The standard InChI is InChI=1S/C26H31BrN2O2/c27-24-10-8-22(9-11-24)25(30)29-18-14-23(15-19-29)26(31)28-16-12-21(13-17-28)7-6-20-4-2-1-3-5-20/h1-5,8-11,21,23H,6-7,12-19H2. The van der Waals surface area contributed by atoms with Gasteiger partial charge in [0.25, 0.3) is 5.91 Å². The maximum Gasteiger partial charge on any atom is 0.253 e. The number of hydrogen-bond donors (Lipinski definition) is 0. The summed E-state index contributed by atoms with van der Waals surface area (Å²) in [5, 5.41) is 0. The van der Waals surface area contributed by atoms with Crippen LogP contribution in [-0.2, 0) is 11.2 Å². The quantitative estimate of drug-likeness (QED) is 0.589. The Kier molecular flexibility index (Phi) is 7.44. The predicted molar refractivity (Wildman–Crippen MR) is 127 cm³/mol. The molecule has 2 saturated heterocycles. The van der Waals surface area contributed by atoms with Gasteiger partial charge in [0.1, 0.15) is 0 Å². The van der Waals surface area contributed by atoms with Crippen LogP contribution in [0.1, 0.15) is 48.0 Å². The fourth-order valence-corrected chi connectivity index (χ4v) is 5.08. The van der Waals surface area contributed by atoms with Crippen molar-refractivity contribution in [3.8, 4) is 0 Å². The molecule has 2 aliphatic rings. The third-order valence-corrected chi connectivity index (χ3v) is 7.36. The zero-order valence-corrected chi connectivity index (χ0v) is 19.6. The van der Waals surface area contributed by atoms with E-state index >= 15 is 0 Å². The molecular weight excluding hydrogens is 452 g/mol. The summed E-state index contributed by atoms with van der Waals surface area (Å²) in [4.78, 5) is 29.7. The number of hydrogen-bond acceptors (Lipinski definition) is 2. The summed E-state index contributed by atoms with van der Waals surface area (Å²) in [6.07, 6.45) is 6.11. The molecule has 2 aliphatic heterocycles. The Morgan fingerprint density at radius 1 is 0.806 bits per heavy atom. The van der Waals surface area contributed by atoms with Crippen LogP contribution < -0.4 is 0 Å². The van der Waals surface area contributed by atoms with Crippen LogP contribution in [0.3, 0.4) is 0 Å². The SMILES string of the molecule is O=C(c1ccc(Br)cc1)N1CCC(C(=O)N2CCC(CCc3ccccc3)CC2)CC1. The Labute approximate surface area is 193 Å². The van der Waals surface area contributed by atoms with Gasteiger partial charge in [-0.05, 0) is 74.3 Å². The highest BCUT2D eigenvalue weighted by Gasteiger charge is 2.32. The molecule has 0 saturated carbocycles. The number of benzene rings is 2. The second kappa shape index (κ2) is 10.4. The molecule has 0 N–H and O–H groups in total. The van der Waals surface area contributed by atoms with Crippen LogP contribution in [0.25, 0.3) is 0 Å². The van der Waals surface area contributed by atoms with Gasteiger partial charge in [-0.1, -0.05) is 46.3 Å². The molecule has 0 atom stereocenters. The number of nitrogens with zero attached hydrogens (tertiary/aromatic N) is 2. The van der Waals surface area contributed by atoms with Crippen LogP contribution in [0.5, 0.6) is 0 Å². The molecule has 164 valence electrons. The van der Waals surface area contributed by atoms with E-state index < -0.39 is 0 Å². The van der Waals surface area contributed by atoms with E-state index in [-0.39, 0.29) is 11.8 Å². The number of carbonyl (C=O) groups excluding carboxylic acids is 2. The van der Waals surface area contributed by atoms with Crippen molar-refractivity contribution in [3.63, 3.8) is 0 Å². The molecule has 2 aromatic carbocycles. The number of aryl methyl sites for hydroxylation is 1. The summed E-state index contributed by atoms with van der Waals surface area (Å²) < 4.78 is 0.970. The van der Waals surface area contributed by atoms with Gasteiger partial charge in [0.15, 0.2) is 0 Å². The van der Waals surface area contributed by atoms with Gasteiger partial charge >= 0.3 is 0 Å². The number of likely N-dealkylation sites (tertiary alicyclic amines) is 2. The zero-order chi connectivity index (χ0) is 21.6. The maximum atomic E-state index is 13.0.